The van der Waals surface area contributed by atoms with E-state index in [1.54, 1.807) is 12.1 Å². The van der Waals surface area contributed by atoms with Gasteiger partial charge in [0.15, 0.2) is 0 Å². The van der Waals surface area contributed by atoms with Crippen molar-refractivity contribution in [1.29, 1.82) is 0 Å². The minimum Gasteiger partial charge on any atom is -0.347 e. The van der Waals surface area contributed by atoms with E-state index in [0.717, 1.165) is 31.2 Å². The Kier molecular flexibility index (Phi) is 11.5. The van der Waals surface area contributed by atoms with E-state index < -0.39 is 0 Å². The Morgan fingerprint density at radius 2 is 1.83 bits per heavy atom. The molecule has 0 atom stereocenters. The first-order chi connectivity index (χ1) is 10.5. The third kappa shape index (κ3) is 9.43. The molecule has 0 aliphatic heterocycles. The van der Waals surface area contributed by atoms with E-state index in [1.165, 1.54) is 0 Å². The molecule has 0 fully saturated rings. The van der Waals surface area contributed by atoms with Crippen molar-refractivity contribution < 1.29 is 9.59 Å². The number of carbonyl (C=O) groups is 2. The van der Waals surface area contributed by atoms with E-state index in [4.69, 9.17) is 17.3 Å². The van der Waals surface area contributed by atoms with Crippen LogP contribution in [-0.4, -0.2) is 24.9 Å². The molecule has 1 aromatic carbocycles. The van der Waals surface area contributed by atoms with Crippen molar-refractivity contribution in [2.24, 2.45) is 5.73 Å². The molecule has 0 bridgehead atoms. The second-order valence-electron chi connectivity index (χ2n) is 5.26. The van der Waals surface area contributed by atoms with Crippen LogP contribution in [0, 0.1) is 6.92 Å². The van der Waals surface area contributed by atoms with E-state index in [1.807, 2.05) is 13.0 Å². The summed E-state index contributed by atoms with van der Waals surface area (Å²) < 4.78 is 0. The number of benzene rings is 1. The van der Waals surface area contributed by atoms with Crippen LogP contribution in [0.25, 0.3) is 0 Å². The van der Waals surface area contributed by atoms with Crippen molar-refractivity contribution in [2.75, 3.05) is 18.4 Å². The van der Waals surface area contributed by atoms with E-state index in [0.29, 0.717) is 23.7 Å². The van der Waals surface area contributed by atoms with Crippen LogP contribution in [0.3, 0.4) is 0 Å². The lowest BCUT2D eigenvalue weighted by Crippen LogP contribution is -2.32. The fraction of sp³-hybridized carbons (Fsp3) is 0.500. The van der Waals surface area contributed by atoms with Gasteiger partial charge in [-0.1, -0.05) is 30.5 Å². The molecule has 0 aliphatic rings. The van der Waals surface area contributed by atoms with Gasteiger partial charge in [0.2, 0.25) is 11.8 Å². The summed E-state index contributed by atoms with van der Waals surface area (Å²) >= 11 is 6.04. The molecule has 5 nitrogen and oxygen atoms in total. The zero-order valence-corrected chi connectivity index (χ0v) is 14.9. The molecule has 0 aliphatic carbocycles. The monoisotopic (exact) mass is 361 g/mol. The molecule has 0 heterocycles. The lowest BCUT2D eigenvalue weighted by atomic mass is 10.1. The fourth-order valence-corrected chi connectivity index (χ4v) is 2.25. The molecule has 7 heteroatoms. The van der Waals surface area contributed by atoms with Gasteiger partial charge in [-0.2, -0.15) is 0 Å². The maximum Gasteiger partial charge on any atom is 0.243 e. The van der Waals surface area contributed by atoms with Crippen molar-refractivity contribution in [1.82, 2.24) is 5.32 Å². The van der Waals surface area contributed by atoms with Gasteiger partial charge < -0.3 is 16.4 Å². The second-order valence-corrected chi connectivity index (χ2v) is 5.67. The average molecular weight is 362 g/mol. The van der Waals surface area contributed by atoms with Crippen LogP contribution in [0.2, 0.25) is 5.02 Å². The molecule has 0 radical (unpaired) electrons. The highest BCUT2D eigenvalue weighted by molar-refractivity contribution is 6.33. The van der Waals surface area contributed by atoms with Crippen LogP contribution in [0.15, 0.2) is 18.2 Å². The molecule has 0 saturated carbocycles. The number of amides is 2. The molecule has 0 saturated heterocycles. The first kappa shape index (κ1) is 21.7. The standard InChI is InChI=1S/C16H24ClN3O2.ClH/c1-12-7-8-14(13(17)10-12)20-16(22)11-19-15(21)6-4-2-3-5-9-18;/h7-8,10H,2-6,9,11,18H2,1H3,(H,19,21)(H,20,22);1H. The fourth-order valence-electron chi connectivity index (χ4n) is 1.97. The van der Waals surface area contributed by atoms with Gasteiger partial charge in [0.1, 0.15) is 0 Å². The molecule has 0 unspecified atom stereocenters. The van der Waals surface area contributed by atoms with E-state index in [2.05, 4.69) is 10.6 Å². The SMILES string of the molecule is Cc1ccc(NC(=O)CNC(=O)CCCCCCN)c(Cl)c1.Cl. The number of aryl methyl sites for hydroxylation is 1. The lowest BCUT2D eigenvalue weighted by molar-refractivity contribution is -0.124. The van der Waals surface area contributed by atoms with Gasteiger partial charge in [0.25, 0.3) is 0 Å². The number of halogens is 2. The normalized spacial score (nSPS) is 9.87. The quantitative estimate of drug-likeness (QED) is 0.591. The Morgan fingerprint density at radius 1 is 1.13 bits per heavy atom. The van der Waals surface area contributed by atoms with Crippen LogP contribution < -0.4 is 16.4 Å². The Hall–Kier alpha value is -1.30. The largest absolute Gasteiger partial charge is 0.347 e. The van der Waals surface area contributed by atoms with Crippen LogP contribution in [0.5, 0.6) is 0 Å². The summed E-state index contributed by atoms with van der Waals surface area (Å²) in [6.07, 6.45) is 4.26. The summed E-state index contributed by atoms with van der Waals surface area (Å²) in [7, 11) is 0. The number of anilines is 1. The van der Waals surface area contributed by atoms with Gasteiger partial charge in [0.05, 0.1) is 17.3 Å². The molecule has 0 aromatic heterocycles. The second kappa shape index (κ2) is 12.2. The smallest absolute Gasteiger partial charge is 0.243 e. The number of nitrogens with two attached hydrogens (primary N) is 1. The summed E-state index contributed by atoms with van der Waals surface area (Å²) in [5, 5.41) is 5.77. The van der Waals surface area contributed by atoms with Gasteiger partial charge in [-0.15, -0.1) is 12.4 Å². The maximum atomic E-state index is 11.8. The van der Waals surface area contributed by atoms with Crippen molar-refractivity contribution in [3.05, 3.63) is 28.8 Å². The summed E-state index contributed by atoms with van der Waals surface area (Å²) in [5.74, 6) is -0.403. The van der Waals surface area contributed by atoms with Crippen molar-refractivity contribution in [3.8, 4) is 0 Å². The summed E-state index contributed by atoms with van der Waals surface area (Å²) in [5.41, 5.74) is 6.97. The van der Waals surface area contributed by atoms with Crippen molar-refractivity contribution in [2.45, 2.75) is 39.0 Å². The number of hydrogen-bond acceptors (Lipinski definition) is 3. The van der Waals surface area contributed by atoms with Gasteiger partial charge in [-0.3, -0.25) is 9.59 Å². The molecule has 0 spiro atoms. The Labute approximate surface area is 148 Å². The van der Waals surface area contributed by atoms with Crippen molar-refractivity contribution >= 4 is 41.5 Å². The number of unbranched alkanes of at least 4 members (excludes halogenated alkanes) is 3. The van der Waals surface area contributed by atoms with Gasteiger partial charge >= 0.3 is 0 Å². The van der Waals surface area contributed by atoms with Crippen LogP contribution in [-0.2, 0) is 9.59 Å². The Balaban J connectivity index is 0.00000484. The predicted octanol–water partition coefficient (Wildman–Crippen LogP) is 3.03. The zero-order chi connectivity index (χ0) is 16.4. The third-order valence-electron chi connectivity index (χ3n) is 3.20. The highest BCUT2D eigenvalue weighted by atomic mass is 35.5. The Bertz CT molecular complexity index is 510. The molecular weight excluding hydrogens is 337 g/mol. The van der Waals surface area contributed by atoms with Crippen molar-refractivity contribution in [3.63, 3.8) is 0 Å². The number of carbonyl (C=O) groups excluding carboxylic acids is 2. The topological polar surface area (TPSA) is 84.2 Å². The first-order valence-electron chi connectivity index (χ1n) is 7.55. The number of rotatable bonds is 9. The molecule has 1 aromatic rings. The highest BCUT2D eigenvalue weighted by Crippen LogP contribution is 2.22. The molecule has 23 heavy (non-hydrogen) atoms. The van der Waals surface area contributed by atoms with E-state index in [9.17, 15) is 9.59 Å². The summed E-state index contributed by atoms with van der Waals surface area (Å²) in [4.78, 5) is 23.4. The van der Waals surface area contributed by atoms with Crippen LogP contribution in [0.1, 0.15) is 37.7 Å². The molecule has 2 amide bonds. The highest BCUT2D eigenvalue weighted by Gasteiger charge is 2.08. The minimum atomic E-state index is -0.290. The number of nitrogens with one attached hydrogen (secondary N) is 2. The Morgan fingerprint density at radius 3 is 2.48 bits per heavy atom. The average Bonchev–Trinajstić information content (AvgIpc) is 2.48. The molecule has 4 N–H and O–H groups in total. The predicted molar refractivity (Wildman–Crippen MR) is 97.2 cm³/mol. The summed E-state index contributed by atoms with van der Waals surface area (Å²) in [6, 6.07) is 5.38. The van der Waals surface area contributed by atoms with Crippen LogP contribution in [0.4, 0.5) is 5.69 Å². The van der Waals surface area contributed by atoms with Gasteiger partial charge in [-0.25, -0.2) is 0 Å². The molecular formula is C16H25Cl2N3O2. The minimum absolute atomic E-state index is 0. The van der Waals surface area contributed by atoms with Gasteiger partial charge in [-0.05, 0) is 44.0 Å². The summed E-state index contributed by atoms with van der Waals surface area (Å²) in [6.45, 7) is 2.56. The van der Waals surface area contributed by atoms with Crippen LogP contribution >= 0.6 is 24.0 Å². The molecule has 1 rings (SSSR count). The third-order valence-corrected chi connectivity index (χ3v) is 3.52. The van der Waals surface area contributed by atoms with E-state index in [-0.39, 0.29) is 30.8 Å². The maximum absolute atomic E-state index is 11.8. The molecule has 130 valence electrons. The zero-order valence-electron chi connectivity index (χ0n) is 13.4. The first-order valence-corrected chi connectivity index (χ1v) is 7.93. The van der Waals surface area contributed by atoms with E-state index >= 15 is 0 Å². The number of hydrogen-bond donors (Lipinski definition) is 3. The van der Waals surface area contributed by atoms with Gasteiger partial charge in [0, 0.05) is 6.42 Å². The lowest BCUT2D eigenvalue weighted by Gasteiger charge is -2.09.